The number of nitrogens with one attached hydrogen (secondary N) is 2. The van der Waals surface area contributed by atoms with E-state index in [-0.39, 0.29) is 4.90 Å². The molecule has 2 aromatic rings. The summed E-state index contributed by atoms with van der Waals surface area (Å²) in [5.74, 6) is -0.691. The third-order valence-electron chi connectivity index (χ3n) is 3.25. The van der Waals surface area contributed by atoms with Gasteiger partial charge in [-0.1, -0.05) is 42.5 Å². The summed E-state index contributed by atoms with van der Waals surface area (Å²) in [7, 11) is -3.63. The van der Waals surface area contributed by atoms with Gasteiger partial charge in [0.25, 0.3) is 5.91 Å². The Labute approximate surface area is 140 Å². The summed E-state index contributed by atoms with van der Waals surface area (Å²) in [6.45, 7) is 0.291. The maximum absolute atomic E-state index is 12.3. The monoisotopic (exact) mass is 346 g/mol. The molecule has 0 aliphatic carbocycles. The van der Waals surface area contributed by atoms with E-state index >= 15 is 0 Å². The number of amides is 1. The highest BCUT2D eigenvalue weighted by Crippen LogP contribution is 2.13. The lowest BCUT2D eigenvalue weighted by atomic mass is 10.2. The molecule has 0 heterocycles. The molecule has 0 unspecified atom stereocenters. The van der Waals surface area contributed by atoms with Crippen molar-refractivity contribution >= 4 is 22.0 Å². The molecule has 0 aliphatic rings. The van der Waals surface area contributed by atoms with Crippen LogP contribution in [-0.4, -0.2) is 26.1 Å². The number of benzene rings is 2. The van der Waals surface area contributed by atoms with Crippen LogP contribution in [0, 0.1) is 0 Å². The van der Waals surface area contributed by atoms with E-state index in [0.717, 1.165) is 11.6 Å². The zero-order valence-electron chi connectivity index (χ0n) is 12.8. The number of hydrogen-bond acceptors (Lipinski definition) is 4. The minimum absolute atomic E-state index is 0.113. The summed E-state index contributed by atoms with van der Waals surface area (Å²) in [4.78, 5) is 11.1. The van der Waals surface area contributed by atoms with Crippen molar-refractivity contribution in [1.82, 2.24) is 10.2 Å². The standard InChI is InChI=1S/C17H18N2O4S/c20-17(19-21)10-9-15-7-4-8-16(13-15)24(22,23)18-12-11-14-5-2-1-3-6-14/h1-10,13,18,21H,11-12H2,(H,19,20)/b10-9+. The van der Waals surface area contributed by atoms with Crippen molar-refractivity contribution in [2.24, 2.45) is 0 Å². The topological polar surface area (TPSA) is 95.5 Å². The largest absolute Gasteiger partial charge is 0.288 e. The smallest absolute Gasteiger partial charge is 0.267 e. The molecule has 0 saturated carbocycles. The molecule has 0 bridgehead atoms. The Hall–Kier alpha value is -2.48. The van der Waals surface area contributed by atoms with Gasteiger partial charge in [0.05, 0.1) is 4.90 Å². The molecule has 0 radical (unpaired) electrons. The molecule has 3 N–H and O–H groups in total. The van der Waals surface area contributed by atoms with Crippen LogP contribution in [0.5, 0.6) is 0 Å². The second-order valence-corrected chi connectivity index (χ2v) is 6.78. The Bertz CT molecular complexity index is 817. The van der Waals surface area contributed by atoms with Crippen LogP contribution < -0.4 is 10.2 Å². The SMILES string of the molecule is O=C(/C=C/c1cccc(S(=O)(=O)NCCc2ccccc2)c1)NO. The second kappa shape index (κ2) is 8.39. The van der Waals surface area contributed by atoms with Crippen LogP contribution in [0.3, 0.4) is 0 Å². The molecule has 0 spiro atoms. The predicted molar refractivity (Wildman–Crippen MR) is 90.7 cm³/mol. The third kappa shape index (κ3) is 5.31. The highest BCUT2D eigenvalue weighted by molar-refractivity contribution is 7.89. The summed E-state index contributed by atoms with van der Waals surface area (Å²) >= 11 is 0. The van der Waals surface area contributed by atoms with Gasteiger partial charge in [-0.05, 0) is 35.8 Å². The molecule has 24 heavy (non-hydrogen) atoms. The molecule has 2 rings (SSSR count). The highest BCUT2D eigenvalue weighted by Gasteiger charge is 2.13. The minimum Gasteiger partial charge on any atom is -0.288 e. The molecule has 0 fully saturated rings. The van der Waals surface area contributed by atoms with E-state index in [2.05, 4.69) is 4.72 Å². The van der Waals surface area contributed by atoms with Gasteiger partial charge in [0, 0.05) is 12.6 Å². The average Bonchev–Trinajstić information content (AvgIpc) is 2.60. The fourth-order valence-electron chi connectivity index (χ4n) is 2.05. The first-order valence-electron chi connectivity index (χ1n) is 7.27. The number of hydroxylamine groups is 1. The quantitative estimate of drug-likeness (QED) is 0.404. The number of sulfonamides is 1. The lowest BCUT2D eigenvalue weighted by Gasteiger charge is -2.07. The minimum atomic E-state index is -3.63. The fraction of sp³-hybridized carbons (Fsp3) is 0.118. The fourth-order valence-corrected chi connectivity index (χ4v) is 3.14. The van der Waals surface area contributed by atoms with Crippen LogP contribution in [-0.2, 0) is 21.2 Å². The van der Waals surface area contributed by atoms with E-state index in [1.54, 1.807) is 12.1 Å². The highest BCUT2D eigenvalue weighted by atomic mass is 32.2. The zero-order valence-corrected chi connectivity index (χ0v) is 13.7. The summed E-state index contributed by atoms with van der Waals surface area (Å²) in [6, 6.07) is 15.8. The van der Waals surface area contributed by atoms with Gasteiger partial charge in [-0.2, -0.15) is 0 Å². The predicted octanol–water partition coefficient (Wildman–Crippen LogP) is 1.73. The van der Waals surface area contributed by atoms with Crippen molar-refractivity contribution in [2.45, 2.75) is 11.3 Å². The number of hydrogen-bond donors (Lipinski definition) is 3. The lowest BCUT2D eigenvalue weighted by molar-refractivity contribution is -0.124. The molecule has 0 aliphatic heterocycles. The van der Waals surface area contributed by atoms with Gasteiger partial charge in [-0.3, -0.25) is 10.0 Å². The van der Waals surface area contributed by atoms with Crippen LogP contribution >= 0.6 is 0 Å². The molecule has 6 nitrogen and oxygen atoms in total. The third-order valence-corrected chi connectivity index (χ3v) is 4.71. The van der Waals surface area contributed by atoms with Gasteiger partial charge in [0.1, 0.15) is 0 Å². The summed E-state index contributed by atoms with van der Waals surface area (Å²) in [5.41, 5.74) is 3.05. The first-order valence-corrected chi connectivity index (χ1v) is 8.75. The second-order valence-electron chi connectivity index (χ2n) is 5.02. The van der Waals surface area contributed by atoms with Gasteiger partial charge in [-0.15, -0.1) is 0 Å². The Kier molecular flexibility index (Phi) is 6.25. The van der Waals surface area contributed by atoms with E-state index in [0.29, 0.717) is 18.5 Å². The van der Waals surface area contributed by atoms with Gasteiger partial charge in [0.15, 0.2) is 0 Å². The number of carbonyl (C=O) groups is 1. The van der Waals surface area contributed by atoms with E-state index < -0.39 is 15.9 Å². The maximum atomic E-state index is 12.3. The maximum Gasteiger partial charge on any atom is 0.267 e. The molecule has 0 aromatic heterocycles. The van der Waals surface area contributed by atoms with Gasteiger partial charge < -0.3 is 0 Å². The zero-order chi connectivity index (χ0) is 17.4. The first-order chi connectivity index (χ1) is 11.5. The van der Waals surface area contributed by atoms with Crippen molar-refractivity contribution < 1.29 is 18.4 Å². The summed E-state index contributed by atoms with van der Waals surface area (Å²) in [6.07, 6.45) is 3.11. The summed E-state index contributed by atoms with van der Waals surface area (Å²) in [5, 5.41) is 8.43. The average molecular weight is 346 g/mol. The summed E-state index contributed by atoms with van der Waals surface area (Å²) < 4.78 is 27.2. The first kappa shape index (κ1) is 17.9. The Morgan fingerprint density at radius 1 is 1.08 bits per heavy atom. The van der Waals surface area contributed by atoms with E-state index in [4.69, 9.17) is 5.21 Å². The van der Waals surface area contributed by atoms with Crippen LogP contribution in [0.1, 0.15) is 11.1 Å². The van der Waals surface area contributed by atoms with Crippen LogP contribution in [0.15, 0.2) is 65.6 Å². The van der Waals surface area contributed by atoms with Gasteiger partial charge >= 0.3 is 0 Å². The molecular weight excluding hydrogens is 328 g/mol. The molecule has 1 amide bonds. The Morgan fingerprint density at radius 2 is 1.83 bits per heavy atom. The normalized spacial score (nSPS) is 11.5. The van der Waals surface area contributed by atoms with E-state index in [1.807, 2.05) is 30.3 Å². The van der Waals surface area contributed by atoms with Crippen molar-refractivity contribution in [3.63, 3.8) is 0 Å². The van der Waals surface area contributed by atoms with Crippen molar-refractivity contribution in [2.75, 3.05) is 6.54 Å². The molecule has 0 atom stereocenters. The Balaban J connectivity index is 2.03. The lowest BCUT2D eigenvalue weighted by Crippen LogP contribution is -2.26. The van der Waals surface area contributed by atoms with Gasteiger partial charge in [0.2, 0.25) is 10.0 Å². The van der Waals surface area contributed by atoms with Crippen LogP contribution in [0.4, 0.5) is 0 Å². The van der Waals surface area contributed by atoms with Crippen LogP contribution in [0.2, 0.25) is 0 Å². The molecule has 7 heteroatoms. The Morgan fingerprint density at radius 3 is 2.54 bits per heavy atom. The molecule has 0 saturated heterocycles. The molecular formula is C17H18N2O4S. The number of rotatable bonds is 7. The van der Waals surface area contributed by atoms with Crippen molar-refractivity contribution in [1.29, 1.82) is 0 Å². The number of carbonyl (C=O) groups excluding carboxylic acids is 1. The van der Waals surface area contributed by atoms with Crippen LogP contribution in [0.25, 0.3) is 6.08 Å². The van der Waals surface area contributed by atoms with Gasteiger partial charge in [-0.25, -0.2) is 18.6 Å². The van der Waals surface area contributed by atoms with Crippen molar-refractivity contribution in [3.8, 4) is 0 Å². The van der Waals surface area contributed by atoms with E-state index in [9.17, 15) is 13.2 Å². The molecule has 126 valence electrons. The molecule has 2 aromatic carbocycles. The van der Waals surface area contributed by atoms with Crippen molar-refractivity contribution in [3.05, 3.63) is 71.8 Å². The van der Waals surface area contributed by atoms with E-state index in [1.165, 1.54) is 23.7 Å².